The number of thiophene rings is 1. The molecule has 142 valence electrons. The molecule has 2 aromatic heterocycles. The molecule has 1 unspecified atom stereocenters. The number of ether oxygens (including phenoxy) is 2. The summed E-state index contributed by atoms with van der Waals surface area (Å²) in [5.41, 5.74) is 0.0447. The van der Waals surface area contributed by atoms with Crippen molar-refractivity contribution in [2.24, 2.45) is 0 Å². The van der Waals surface area contributed by atoms with Crippen LogP contribution in [0.3, 0.4) is 0 Å². The number of hydrogen-bond acceptors (Lipinski definition) is 9. The lowest BCUT2D eigenvalue weighted by Gasteiger charge is -2.31. The number of methoxy groups -OCH3 is 1. The molecular formula is C16H16N4O5S2. The smallest absolute Gasteiger partial charge is 0.349 e. The van der Waals surface area contributed by atoms with Gasteiger partial charge < -0.3 is 9.47 Å². The second kappa shape index (κ2) is 7.99. The summed E-state index contributed by atoms with van der Waals surface area (Å²) in [4.78, 5) is 19.7. The van der Waals surface area contributed by atoms with Crippen LogP contribution in [0, 0.1) is 11.3 Å². The van der Waals surface area contributed by atoms with Gasteiger partial charge in [-0.05, 0) is 24.3 Å². The standard InChI is InChI=1S/C16H16N4O5S2/c1-24-16(21)14-13(4-8-26-14)27(22,23)20-7-2-3-11(10-20)25-15-12(9-17)18-5-6-19-15/h4-6,8,11H,2-3,7,10H2,1H3. The molecule has 0 aliphatic carbocycles. The number of esters is 1. The van der Waals surface area contributed by atoms with E-state index < -0.39 is 22.1 Å². The first-order valence-corrected chi connectivity index (χ1v) is 10.3. The van der Waals surface area contributed by atoms with E-state index in [2.05, 4.69) is 14.7 Å². The maximum atomic E-state index is 13.0. The van der Waals surface area contributed by atoms with Crippen LogP contribution in [-0.2, 0) is 14.8 Å². The molecule has 9 nitrogen and oxygen atoms in total. The van der Waals surface area contributed by atoms with Gasteiger partial charge in [-0.15, -0.1) is 11.3 Å². The number of piperidine rings is 1. The summed E-state index contributed by atoms with van der Waals surface area (Å²) in [5, 5.41) is 10.6. The van der Waals surface area contributed by atoms with Crippen LogP contribution in [0.4, 0.5) is 0 Å². The van der Waals surface area contributed by atoms with Gasteiger partial charge in [0.1, 0.15) is 21.9 Å². The zero-order valence-corrected chi connectivity index (χ0v) is 16.0. The van der Waals surface area contributed by atoms with Crippen molar-refractivity contribution in [2.45, 2.75) is 23.8 Å². The molecule has 1 atom stereocenters. The van der Waals surface area contributed by atoms with Crippen molar-refractivity contribution in [3.63, 3.8) is 0 Å². The number of aromatic nitrogens is 2. The molecule has 1 saturated heterocycles. The van der Waals surface area contributed by atoms with Gasteiger partial charge in [0.05, 0.1) is 13.7 Å². The Balaban J connectivity index is 1.81. The van der Waals surface area contributed by atoms with Crippen LogP contribution in [-0.4, -0.2) is 55.0 Å². The van der Waals surface area contributed by atoms with Crippen LogP contribution in [0.15, 0.2) is 28.7 Å². The summed E-state index contributed by atoms with van der Waals surface area (Å²) < 4.78 is 37.7. The Bertz CT molecular complexity index is 983. The number of nitriles is 1. The number of nitrogens with zero attached hydrogens (tertiary/aromatic N) is 4. The van der Waals surface area contributed by atoms with Crippen LogP contribution in [0.2, 0.25) is 0 Å². The highest BCUT2D eigenvalue weighted by Crippen LogP contribution is 2.29. The summed E-state index contributed by atoms with van der Waals surface area (Å²) in [6, 6.07) is 3.29. The fraction of sp³-hybridized carbons (Fsp3) is 0.375. The minimum Gasteiger partial charge on any atom is -0.471 e. The normalized spacial score (nSPS) is 17.9. The number of carbonyl (C=O) groups excluding carboxylic acids is 1. The monoisotopic (exact) mass is 408 g/mol. The molecule has 0 radical (unpaired) electrons. The highest BCUT2D eigenvalue weighted by Gasteiger charge is 2.35. The van der Waals surface area contributed by atoms with E-state index in [0.29, 0.717) is 19.4 Å². The van der Waals surface area contributed by atoms with Crippen molar-refractivity contribution in [1.29, 1.82) is 5.26 Å². The Labute approximate surface area is 160 Å². The third kappa shape index (κ3) is 3.92. The van der Waals surface area contributed by atoms with E-state index in [9.17, 15) is 13.2 Å². The van der Waals surface area contributed by atoms with Gasteiger partial charge in [-0.3, -0.25) is 0 Å². The first kappa shape index (κ1) is 19.2. The van der Waals surface area contributed by atoms with Crippen LogP contribution in [0.1, 0.15) is 28.2 Å². The van der Waals surface area contributed by atoms with Gasteiger partial charge in [0.15, 0.2) is 0 Å². The second-order valence-electron chi connectivity index (χ2n) is 5.67. The maximum Gasteiger partial charge on any atom is 0.349 e. The lowest BCUT2D eigenvalue weighted by molar-refractivity contribution is 0.0602. The molecule has 1 fully saturated rings. The highest BCUT2D eigenvalue weighted by atomic mass is 32.2. The quantitative estimate of drug-likeness (QED) is 0.681. The number of hydrogen-bond donors (Lipinski definition) is 0. The number of sulfonamides is 1. The minimum absolute atomic E-state index is 0.0428. The van der Waals surface area contributed by atoms with Crippen molar-refractivity contribution in [3.05, 3.63) is 34.4 Å². The Kier molecular flexibility index (Phi) is 5.69. The maximum absolute atomic E-state index is 13.0. The first-order chi connectivity index (χ1) is 13.0. The molecule has 3 rings (SSSR count). The van der Waals surface area contributed by atoms with Gasteiger partial charge in [-0.2, -0.15) is 9.57 Å². The SMILES string of the molecule is COC(=O)c1sccc1S(=O)(=O)N1CCCC(Oc2nccnc2C#N)C1. The topological polar surface area (TPSA) is 122 Å². The molecule has 11 heteroatoms. The molecule has 27 heavy (non-hydrogen) atoms. The fourth-order valence-electron chi connectivity index (χ4n) is 2.75. The van der Waals surface area contributed by atoms with Crippen molar-refractivity contribution in [2.75, 3.05) is 20.2 Å². The van der Waals surface area contributed by atoms with Crippen LogP contribution in [0.5, 0.6) is 5.88 Å². The summed E-state index contributed by atoms with van der Waals surface area (Å²) >= 11 is 1.02. The molecule has 1 aliphatic heterocycles. The molecule has 2 aromatic rings. The Morgan fingerprint density at radius 1 is 1.41 bits per heavy atom. The van der Waals surface area contributed by atoms with Crippen molar-refractivity contribution in [1.82, 2.24) is 14.3 Å². The molecule has 3 heterocycles. The zero-order valence-electron chi connectivity index (χ0n) is 14.4. The van der Waals surface area contributed by atoms with E-state index >= 15 is 0 Å². The van der Waals surface area contributed by atoms with Crippen LogP contribution >= 0.6 is 11.3 Å². The predicted octanol–water partition coefficient (Wildman–Crippen LogP) is 1.43. The van der Waals surface area contributed by atoms with E-state index in [1.807, 2.05) is 6.07 Å². The van der Waals surface area contributed by atoms with Crippen LogP contribution < -0.4 is 4.74 Å². The Morgan fingerprint density at radius 3 is 2.93 bits per heavy atom. The zero-order chi connectivity index (χ0) is 19.4. The fourth-order valence-corrected chi connectivity index (χ4v) is 5.56. The van der Waals surface area contributed by atoms with E-state index in [-0.39, 0.29) is 27.9 Å². The van der Waals surface area contributed by atoms with E-state index in [1.54, 1.807) is 0 Å². The Morgan fingerprint density at radius 2 is 2.19 bits per heavy atom. The lowest BCUT2D eigenvalue weighted by atomic mass is 10.1. The first-order valence-electron chi connectivity index (χ1n) is 8.01. The summed E-state index contributed by atoms with van der Waals surface area (Å²) in [7, 11) is -2.68. The number of carbonyl (C=O) groups is 1. The summed E-state index contributed by atoms with van der Waals surface area (Å²) in [5.74, 6) is -0.610. The van der Waals surface area contributed by atoms with Gasteiger partial charge in [-0.1, -0.05) is 0 Å². The van der Waals surface area contributed by atoms with Gasteiger partial charge in [0.25, 0.3) is 5.88 Å². The molecule has 0 aromatic carbocycles. The third-order valence-corrected chi connectivity index (χ3v) is 6.94. The molecule has 0 saturated carbocycles. The average Bonchev–Trinajstić information content (AvgIpc) is 3.19. The lowest BCUT2D eigenvalue weighted by Crippen LogP contribution is -2.44. The van der Waals surface area contributed by atoms with Gasteiger partial charge >= 0.3 is 5.97 Å². The van der Waals surface area contributed by atoms with Crippen molar-refractivity contribution < 1.29 is 22.7 Å². The molecule has 0 N–H and O–H groups in total. The molecular weight excluding hydrogens is 392 g/mol. The third-order valence-electron chi connectivity index (χ3n) is 4.01. The second-order valence-corrected chi connectivity index (χ2v) is 8.50. The van der Waals surface area contributed by atoms with Crippen LogP contribution in [0.25, 0.3) is 0 Å². The summed E-state index contributed by atoms with van der Waals surface area (Å²) in [6.45, 7) is 0.393. The van der Waals surface area contributed by atoms with Gasteiger partial charge in [0, 0.05) is 18.9 Å². The van der Waals surface area contributed by atoms with Crippen molar-refractivity contribution >= 4 is 27.3 Å². The average molecular weight is 408 g/mol. The molecule has 0 bridgehead atoms. The van der Waals surface area contributed by atoms with E-state index in [0.717, 1.165) is 11.3 Å². The van der Waals surface area contributed by atoms with Gasteiger partial charge in [-0.25, -0.2) is 23.2 Å². The molecule has 1 aliphatic rings. The Hall–Kier alpha value is -2.55. The minimum atomic E-state index is -3.88. The van der Waals surface area contributed by atoms with Gasteiger partial charge in [0.2, 0.25) is 15.7 Å². The molecule has 0 spiro atoms. The van der Waals surface area contributed by atoms with Crippen molar-refractivity contribution in [3.8, 4) is 11.9 Å². The predicted molar refractivity (Wildman–Crippen MR) is 94.8 cm³/mol. The number of rotatable bonds is 5. The largest absolute Gasteiger partial charge is 0.471 e. The molecule has 0 amide bonds. The summed E-state index contributed by atoms with van der Waals surface area (Å²) in [6.07, 6.45) is 3.50. The highest BCUT2D eigenvalue weighted by molar-refractivity contribution is 7.89. The van der Waals surface area contributed by atoms with E-state index in [4.69, 9.17) is 10.00 Å². The van der Waals surface area contributed by atoms with E-state index in [1.165, 1.54) is 35.3 Å².